The average Bonchev–Trinajstić information content (AvgIpc) is 2.38. The number of nitrogens with one attached hydrogen (secondary N) is 3. The molecule has 0 aliphatic heterocycles. The van der Waals surface area contributed by atoms with E-state index >= 15 is 0 Å². The first-order chi connectivity index (χ1) is 8.60. The summed E-state index contributed by atoms with van der Waals surface area (Å²) in [6.45, 7) is 3.93. The number of aromatic nitrogens is 1. The highest BCUT2D eigenvalue weighted by atomic mass is 16.2. The maximum atomic E-state index is 11.9. The minimum Gasteiger partial charge on any atom is -0.355 e. The third-order valence-corrected chi connectivity index (χ3v) is 2.28. The Morgan fingerprint density at radius 3 is 2.83 bits per heavy atom. The maximum absolute atomic E-state index is 11.9. The van der Waals surface area contributed by atoms with Crippen molar-refractivity contribution in [3.8, 4) is 0 Å². The standard InChI is InChI=1S/C11H17N5O2/c1-3-13-10(17)7(2)15-11(18)8-5-4-6-14-9(8)16-12/h4-7H,3,12H2,1-2H3,(H,13,17)(H,14,16)(H,15,18). The summed E-state index contributed by atoms with van der Waals surface area (Å²) < 4.78 is 0. The van der Waals surface area contributed by atoms with Crippen molar-refractivity contribution in [1.29, 1.82) is 0 Å². The summed E-state index contributed by atoms with van der Waals surface area (Å²) in [4.78, 5) is 27.3. The van der Waals surface area contributed by atoms with Crippen LogP contribution < -0.4 is 21.9 Å². The molecule has 98 valence electrons. The zero-order valence-electron chi connectivity index (χ0n) is 10.4. The lowest BCUT2D eigenvalue weighted by Gasteiger charge is -2.14. The molecule has 0 bridgehead atoms. The zero-order valence-corrected chi connectivity index (χ0v) is 10.4. The largest absolute Gasteiger partial charge is 0.355 e. The van der Waals surface area contributed by atoms with Gasteiger partial charge in [-0.1, -0.05) is 0 Å². The van der Waals surface area contributed by atoms with Gasteiger partial charge in [0, 0.05) is 12.7 Å². The van der Waals surface area contributed by atoms with Crippen LogP contribution in [0.25, 0.3) is 0 Å². The molecule has 1 rings (SSSR count). The van der Waals surface area contributed by atoms with Gasteiger partial charge in [0.05, 0.1) is 5.56 Å². The number of carbonyl (C=O) groups is 2. The molecule has 7 heteroatoms. The summed E-state index contributed by atoms with van der Waals surface area (Å²) in [5, 5.41) is 5.19. The van der Waals surface area contributed by atoms with Gasteiger partial charge in [0.1, 0.15) is 6.04 Å². The number of nitrogens with two attached hydrogens (primary N) is 1. The van der Waals surface area contributed by atoms with Crippen molar-refractivity contribution in [2.24, 2.45) is 5.84 Å². The molecule has 18 heavy (non-hydrogen) atoms. The highest BCUT2D eigenvalue weighted by molar-refractivity contribution is 6.00. The molecular formula is C11H17N5O2. The topological polar surface area (TPSA) is 109 Å². The van der Waals surface area contributed by atoms with Crippen molar-refractivity contribution in [3.05, 3.63) is 23.9 Å². The second-order valence-electron chi connectivity index (χ2n) is 3.63. The molecule has 0 spiro atoms. The maximum Gasteiger partial charge on any atom is 0.255 e. The molecule has 0 saturated heterocycles. The number of likely N-dealkylation sites (N-methyl/N-ethyl adjacent to an activating group) is 1. The van der Waals surface area contributed by atoms with Crippen LogP contribution in [0.3, 0.4) is 0 Å². The first kappa shape index (κ1) is 13.9. The van der Waals surface area contributed by atoms with Gasteiger partial charge in [-0.2, -0.15) is 0 Å². The monoisotopic (exact) mass is 251 g/mol. The molecule has 5 N–H and O–H groups in total. The Balaban J connectivity index is 2.73. The summed E-state index contributed by atoms with van der Waals surface area (Å²) >= 11 is 0. The van der Waals surface area contributed by atoms with E-state index in [1.807, 2.05) is 6.92 Å². The van der Waals surface area contributed by atoms with Gasteiger partial charge in [-0.05, 0) is 26.0 Å². The predicted molar refractivity (Wildman–Crippen MR) is 67.7 cm³/mol. The number of pyridine rings is 1. The van der Waals surface area contributed by atoms with Gasteiger partial charge in [0.2, 0.25) is 5.91 Å². The molecule has 0 radical (unpaired) electrons. The number of hydrazine groups is 1. The van der Waals surface area contributed by atoms with Crippen LogP contribution in [0, 0.1) is 0 Å². The Labute approximate surface area is 105 Å². The van der Waals surface area contributed by atoms with Crippen molar-refractivity contribution in [2.75, 3.05) is 12.0 Å². The fourth-order valence-electron chi connectivity index (χ4n) is 1.37. The van der Waals surface area contributed by atoms with E-state index in [0.29, 0.717) is 6.54 Å². The second kappa shape index (κ2) is 6.55. The lowest BCUT2D eigenvalue weighted by molar-refractivity contribution is -0.122. The molecule has 1 unspecified atom stereocenters. The summed E-state index contributed by atoms with van der Waals surface area (Å²) in [6, 6.07) is 2.57. The van der Waals surface area contributed by atoms with Crippen LogP contribution in [0.15, 0.2) is 18.3 Å². The van der Waals surface area contributed by atoms with Crippen LogP contribution in [-0.2, 0) is 4.79 Å². The molecular weight excluding hydrogens is 234 g/mol. The molecule has 0 aliphatic rings. The van der Waals surface area contributed by atoms with Crippen LogP contribution in [0.1, 0.15) is 24.2 Å². The van der Waals surface area contributed by atoms with Gasteiger partial charge in [-0.3, -0.25) is 9.59 Å². The van der Waals surface area contributed by atoms with Gasteiger partial charge in [-0.25, -0.2) is 10.8 Å². The van der Waals surface area contributed by atoms with Crippen molar-refractivity contribution in [2.45, 2.75) is 19.9 Å². The van der Waals surface area contributed by atoms with E-state index in [0.717, 1.165) is 0 Å². The van der Waals surface area contributed by atoms with Crippen LogP contribution in [0.5, 0.6) is 0 Å². The van der Waals surface area contributed by atoms with E-state index in [1.54, 1.807) is 19.1 Å². The number of hydrogen-bond acceptors (Lipinski definition) is 5. The fraction of sp³-hybridized carbons (Fsp3) is 0.364. The van der Waals surface area contributed by atoms with Gasteiger partial charge in [-0.15, -0.1) is 0 Å². The lowest BCUT2D eigenvalue weighted by atomic mass is 10.2. The normalized spacial score (nSPS) is 11.5. The smallest absolute Gasteiger partial charge is 0.255 e. The highest BCUT2D eigenvalue weighted by Gasteiger charge is 2.18. The van der Waals surface area contributed by atoms with Crippen LogP contribution in [-0.4, -0.2) is 29.4 Å². The van der Waals surface area contributed by atoms with E-state index in [-0.39, 0.29) is 17.3 Å². The lowest BCUT2D eigenvalue weighted by Crippen LogP contribution is -2.44. The number of carbonyl (C=O) groups excluding carboxylic acids is 2. The van der Waals surface area contributed by atoms with Gasteiger partial charge in [0.15, 0.2) is 5.82 Å². The van der Waals surface area contributed by atoms with Gasteiger partial charge >= 0.3 is 0 Å². The molecule has 1 aromatic rings. The zero-order chi connectivity index (χ0) is 13.5. The quantitative estimate of drug-likeness (QED) is 0.421. The summed E-state index contributed by atoms with van der Waals surface area (Å²) in [6.07, 6.45) is 1.51. The van der Waals surface area contributed by atoms with Crippen molar-refractivity contribution in [3.63, 3.8) is 0 Å². The molecule has 2 amide bonds. The number of nitrogens with zero attached hydrogens (tertiary/aromatic N) is 1. The summed E-state index contributed by atoms with van der Waals surface area (Å²) in [5.41, 5.74) is 2.62. The van der Waals surface area contributed by atoms with Gasteiger partial charge in [0.25, 0.3) is 5.91 Å². The Morgan fingerprint density at radius 1 is 1.50 bits per heavy atom. The van der Waals surface area contributed by atoms with Crippen LogP contribution in [0.4, 0.5) is 5.82 Å². The van der Waals surface area contributed by atoms with E-state index in [4.69, 9.17) is 5.84 Å². The van der Waals surface area contributed by atoms with Crippen molar-refractivity contribution in [1.82, 2.24) is 15.6 Å². The number of hydrogen-bond donors (Lipinski definition) is 4. The van der Waals surface area contributed by atoms with Gasteiger partial charge < -0.3 is 16.1 Å². The average molecular weight is 251 g/mol. The Kier molecular flexibility index (Phi) is 5.06. The summed E-state index contributed by atoms with van der Waals surface area (Å²) in [5.74, 6) is 4.87. The van der Waals surface area contributed by atoms with E-state index in [9.17, 15) is 9.59 Å². The first-order valence-electron chi connectivity index (χ1n) is 5.60. The number of anilines is 1. The first-order valence-corrected chi connectivity index (χ1v) is 5.60. The molecule has 7 nitrogen and oxygen atoms in total. The third-order valence-electron chi connectivity index (χ3n) is 2.28. The molecule has 0 fully saturated rings. The molecule has 0 aliphatic carbocycles. The second-order valence-corrected chi connectivity index (χ2v) is 3.63. The SMILES string of the molecule is CCNC(=O)C(C)NC(=O)c1cccnc1NN. The Hall–Kier alpha value is -2.15. The molecule has 0 saturated carbocycles. The third kappa shape index (κ3) is 3.42. The van der Waals surface area contributed by atoms with Crippen LogP contribution >= 0.6 is 0 Å². The minimum absolute atomic E-state index is 0.239. The number of amides is 2. The predicted octanol–water partition coefficient (Wildman–Crippen LogP) is -0.378. The fourth-order valence-corrected chi connectivity index (χ4v) is 1.37. The minimum atomic E-state index is -0.622. The molecule has 1 aromatic heterocycles. The number of rotatable bonds is 5. The molecule has 0 aromatic carbocycles. The number of nitrogen functional groups attached to an aromatic ring is 1. The highest BCUT2D eigenvalue weighted by Crippen LogP contribution is 2.09. The Morgan fingerprint density at radius 2 is 2.22 bits per heavy atom. The summed E-state index contributed by atoms with van der Waals surface area (Å²) in [7, 11) is 0. The van der Waals surface area contributed by atoms with Crippen molar-refractivity contribution < 1.29 is 9.59 Å². The van der Waals surface area contributed by atoms with E-state index < -0.39 is 11.9 Å². The van der Waals surface area contributed by atoms with Crippen LogP contribution in [0.2, 0.25) is 0 Å². The van der Waals surface area contributed by atoms with Crippen molar-refractivity contribution >= 4 is 17.6 Å². The molecule has 1 atom stereocenters. The van der Waals surface area contributed by atoms with E-state index in [2.05, 4.69) is 21.0 Å². The van der Waals surface area contributed by atoms with E-state index in [1.165, 1.54) is 6.20 Å². The Bertz CT molecular complexity index is 435. The molecule has 1 heterocycles.